The minimum absolute atomic E-state index is 0. The Balaban J connectivity index is 0.00000200. The molecule has 7 heteroatoms. The van der Waals surface area contributed by atoms with Crippen LogP contribution in [0, 0.1) is 4.77 Å². The summed E-state index contributed by atoms with van der Waals surface area (Å²) in [6, 6.07) is 0. The Kier molecular flexibility index (Phi) is 7.15. The van der Waals surface area contributed by atoms with Gasteiger partial charge in [0.2, 0.25) is 0 Å². The predicted molar refractivity (Wildman–Crippen MR) is 80.1 cm³/mol. The van der Waals surface area contributed by atoms with Crippen molar-refractivity contribution in [3.05, 3.63) is 21.5 Å². The Bertz CT molecular complexity index is 679. The maximum absolute atomic E-state index is 12.4. The van der Waals surface area contributed by atoms with Crippen molar-refractivity contribution >= 4 is 23.4 Å². The molecular weight excluding hydrogens is 283 g/mol. The normalized spacial score (nSPS) is 10.7. The first kappa shape index (κ1) is 17.6. The molecular formula is C13H21N4NaOS. The molecule has 0 aliphatic heterocycles. The van der Waals surface area contributed by atoms with Crippen LogP contribution in [-0.2, 0) is 13.1 Å². The van der Waals surface area contributed by atoms with Crippen molar-refractivity contribution in [2.45, 2.75) is 52.6 Å². The third-order valence-electron chi connectivity index (χ3n) is 3.27. The Labute approximate surface area is 147 Å². The fourth-order valence-corrected chi connectivity index (χ4v) is 2.49. The van der Waals surface area contributed by atoms with Crippen molar-refractivity contribution < 1.29 is 31.0 Å². The van der Waals surface area contributed by atoms with Gasteiger partial charge in [0.1, 0.15) is 5.52 Å². The molecule has 5 nitrogen and oxygen atoms in total. The number of aryl methyl sites for hydroxylation is 1. The van der Waals surface area contributed by atoms with Crippen molar-refractivity contribution in [3.63, 3.8) is 0 Å². The number of nitrogens with one attached hydrogen (secondary N) is 1. The number of hydrogen-bond acceptors (Lipinski definition) is 3. The number of nitrogens with zero attached hydrogens (tertiary/aromatic N) is 3. The second-order valence-electron chi connectivity index (χ2n) is 4.70. The summed E-state index contributed by atoms with van der Waals surface area (Å²) in [4.78, 5) is 19.5. The smallest absolute Gasteiger partial charge is 1.00 e. The van der Waals surface area contributed by atoms with Crippen LogP contribution in [0.2, 0.25) is 0 Å². The molecule has 0 saturated heterocycles. The standard InChI is InChI=1S/C13H20N4OS.Na.H/c1-3-5-7-16-11-10(14-9-15-11)12(18)17(13(16)19)8-6-4-2;;/h9H,3-8H2,1-2H3,(H,14,15);;/q;+1;-1. The first-order valence-electron chi connectivity index (χ1n) is 6.87. The summed E-state index contributed by atoms with van der Waals surface area (Å²) >= 11 is 5.47. The van der Waals surface area contributed by atoms with Gasteiger partial charge in [0.15, 0.2) is 10.4 Å². The Hall–Kier alpha value is -0.430. The molecule has 1 N–H and O–H groups in total. The van der Waals surface area contributed by atoms with Crippen LogP contribution >= 0.6 is 12.2 Å². The maximum atomic E-state index is 12.4. The molecule has 0 aromatic carbocycles. The molecule has 0 fully saturated rings. The number of hydrogen-bond donors (Lipinski definition) is 1. The molecule has 20 heavy (non-hydrogen) atoms. The molecule has 2 aromatic heterocycles. The van der Waals surface area contributed by atoms with Gasteiger partial charge < -0.3 is 11.0 Å². The Morgan fingerprint density at radius 2 is 1.85 bits per heavy atom. The third-order valence-corrected chi connectivity index (χ3v) is 3.71. The zero-order valence-electron chi connectivity index (χ0n) is 13.5. The van der Waals surface area contributed by atoms with Crippen molar-refractivity contribution in [1.29, 1.82) is 0 Å². The zero-order chi connectivity index (χ0) is 13.8. The number of H-pyrrole nitrogens is 1. The molecule has 2 rings (SSSR count). The topological polar surface area (TPSA) is 55.6 Å². The number of unbranched alkanes of at least 4 members (excludes halogenated alkanes) is 2. The van der Waals surface area contributed by atoms with Gasteiger partial charge in [0.05, 0.1) is 6.33 Å². The minimum Gasteiger partial charge on any atom is -1.00 e. The van der Waals surface area contributed by atoms with Gasteiger partial charge in [-0.25, -0.2) is 4.98 Å². The molecule has 0 aliphatic carbocycles. The van der Waals surface area contributed by atoms with Crippen LogP contribution in [-0.4, -0.2) is 19.1 Å². The van der Waals surface area contributed by atoms with E-state index in [1.54, 1.807) is 10.9 Å². The Morgan fingerprint density at radius 3 is 2.45 bits per heavy atom. The second kappa shape index (κ2) is 8.12. The van der Waals surface area contributed by atoms with Gasteiger partial charge in [0, 0.05) is 13.1 Å². The summed E-state index contributed by atoms with van der Waals surface area (Å²) in [6.07, 6.45) is 5.67. The van der Waals surface area contributed by atoms with E-state index in [0.29, 0.717) is 22.5 Å². The van der Waals surface area contributed by atoms with Crippen molar-refractivity contribution in [1.82, 2.24) is 19.1 Å². The molecule has 0 amide bonds. The van der Waals surface area contributed by atoms with Crippen molar-refractivity contribution in [3.8, 4) is 0 Å². The van der Waals surface area contributed by atoms with Gasteiger partial charge in [-0.15, -0.1) is 0 Å². The van der Waals surface area contributed by atoms with Crippen LogP contribution in [0.15, 0.2) is 11.1 Å². The summed E-state index contributed by atoms with van der Waals surface area (Å²) < 4.78 is 4.25. The van der Waals surface area contributed by atoms with Crippen LogP contribution in [0.4, 0.5) is 0 Å². The van der Waals surface area contributed by atoms with E-state index >= 15 is 0 Å². The van der Waals surface area contributed by atoms with Gasteiger partial charge in [-0.3, -0.25) is 9.36 Å². The number of aromatic nitrogens is 4. The summed E-state index contributed by atoms with van der Waals surface area (Å²) in [6.45, 7) is 5.73. The van der Waals surface area contributed by atoms with Crippen LogP contribution in [0.25, 0.3) is 11.2 Å². The molecule has 106 valence electrons. The molecule has 0 saturated carbocycles. The van der Waals surface area contributed by atoms with Gasteiger partial charge in [-0.05, 0) is 25.1 Å². The molecule has 0 atom stereocenters. The molecule has 0 unspecified atom stereocenters. The van der Waals surface area contributed by atoms with E-state index in [1.807, 2.05) is 4.57 Å². The molecule has 2 aromatic rings. The average molecular weight is 304 g/mol. The van der Waals surface area contributed by atoms with Crippen molar-refractivity contribution in [2.24, 2.45) is 0 Å². The molecule has 0 bridgehead atoms. The molecule has 0 spiro atoms. The number of imidazole rings is 1. The van der Waals surface area contributed by atoms with E-state index in [0.717, 1.165) is 32.2 Å². The van der Waals surface area contributed by atoms with E-state index in [2.05, 4.69) is 23.8 Å². The quantitative estimate of drug-likeness (QED) is 0.602. The number of fused-ring (bicyclic) bond motifs is 1. The third kappa shape index (κ3) is 3.42. The van der Waals surface area contributed by atoms with E-state index in [9.17, 15) is 4.79 Å². The van der Waals surface area contributed by atoms with E-state index in [4.69, 9.17) is 12.2 Å². The SMILES string of the molecule is CCCCn1c(=O)c2[nH]cnc2n(CCCC)c1=S.[H-].[Na+]. The Morgan fingerprint density at radius 1 is 1.25 bits per heavy atom. The monoisotopic (exact) mass is 304 g/mol. The van der Waals surface area contributed by atoms with E-state index < -0.39 is 0 Å². The van der Waals surface area contributed by atoms with Gasteiger partial charge in [-0.2, -0.15) is 0 Å². The molecule has 0 radical (unpaired) electrons. The number of aromatic amines is 1. The first-order chi connectivity index (χ1) is 9.20. The van der Waals surface area contributed by atoms with Crippen LogP contribution < -0.4 is 35.1 Å². The second-order valence-corrected chi connectivity index (χ2v) is 5.06. The first-order valence-corrected chi connectivity index (χ1v) is 7.28. The van der Waals surface area contributed by atoms with Crippen molar-refractivity contribution in [2.75, 3.05) is 0 Å². The summed E-state index contributed by atoms with van der Waals surface area (Å²) in [7, 11) is 0. The van der Waals surface area contributed by atoms with Crippen LogP contribution in [0.3, 0.4) is 0 Å². The summed E-state index contributed by atoms with van der Waals surface area (Å²) in [5.41, 5.74) is 1.18. The number of rotatable bonds is 6. The van der Waals surface area contributed by atoms with E-state index in [-0.39, 0.29) is 36.5 Å². The predicted octanol–water partition coefficient (Wildman–Crippen LogP) is -0.0277. The van der Waals surface area contributed by atoms with Gasteiger partial charge in [-0.1, -0.05) is 26.7 Å². The fourth-order valence-electron chi connectivity index (χ4n) is 2.14. The van der Waals surface area contributed by atoms with Gasteiger partial charge in [0.25, 0.3) is 5.56 Å². The molecule has 0 aliphatic rings. The summed E-state index contributed by atoms with van der Waals surface area (Å²) in [5, 5.41) is 0. The van der Waals surface area contributed by atoms with E-state index in [1.165, 1.54) is 0 Å². The minimum atomic E-state index is -0.0568. The average Bonchev–Trinajstić information content (AvgIpc) is 2.88. The maximum Gasteiger partial charge on any atom is 1.00 e. The zero-order valence-corrected chi connectivity index (χ0v) is 15.3. The molecule has 2 heterocycles. The van der Waals surface area contributed by atoms with Crippen LogP contribution in [0.1, 0.15) is 41.0 Å². The van der Waals surface area contributed by atoms with Crippen LogP contribution in [0.5, 0.6) is 0 Å². The fraction of sp³-hybridized carbons (Fsp3) is 0.615. The summed E-state index contributed by atoms with van der Waals surface area (Å²) in [5.74, 6) is 0. The van der Waals surface area contributed by atoms with Gasteiger partial charge >= 0.3 is 29.6 Å². The largest absolute Gasteiger partial charge is 1.00 e.